The van der Waals surface area contributed by atoms with Crippen molar-refractivity contribution in [3.63, 3.8) is 0 Å². The molecule has 0 amide bonds. The summed E-state index contributed by atoms with van der Waals surface area (Å²) in [5, 5.41) is 0. The van der Waals surface area contributed by atoms with Crippen molar-refractivity contribution in [1.29, 1.82) is 0 Å². The SMILES string of the molecule is CC(C)Oc1ccccc1-c1ccncc1-n1cncc1-c1cc(C(F)(F)F)cc(C(F)(F)F)c1. The van der Waals surface area contributed by atoms with Crippen LogP contribution in [0, 0.1) is 0 Å². The van der Waals surface area contributed by atoms with Crippen LogP contribution in [0.4, 0.5) is 26.3 Å². The van der Waals surface area contributed by atoms with E-state index in [2.05, 4.69) is 9.97 Å². The van der Waals surface area contributed by atoms with Crippen LogP contribution in [0.5, 0.6) is 5.75 Å². The van der Waals surface area contributed by atoms with E-state index in [9.17, 15) is 26.3 Å². The Balaban J connectivity index is 1.91. The van der Waals surface area contributed by atoms with Crippen LogP contribution in [0.2, 0.25) is 0 Å². The van der Waals surface area contributed by atoms with Crippen LogP contribution in [0.1, 0.15) is 25.0 Å². The zero-order valence-corrected chi connectivity index (χ0v) is 18.5. The first-order valence-corrected chi connectivity index (χ1v) is 10.5. The van der Waals surface area contributed by atoms with E-state index in [-0.39, 0.29) is 23.4 Å². The molecule has 0 spiro atoms. The van der Waals surface area contributed by atoms with E-state index in [1.54, 1.807) is 30.3 Å². The molecule has 0 atom stereocenters. The smallest absolute Gasteiger partial charge is 0.416 e. The highest BCUT2D eigenvalue weighted by Crippen LogP contribution is 2.40. The standard InChI is InChI=1S/C25H19F6N3O/c1-15(2)35-23-6-4-3-5-20(23)19-7-8-32-13-22(19)34-14-33-12-21(34)16-9-17(24(26,27)28)11-18(10-16)25(29,30)31/h3-15H,1-2H3. The van der Waals surface area contributed by atoms with Crippen LogP contribution in [0.3, 0.4) is 0 Å². The van der Waals surface area contributed by atoms with Crippen molar-refractivity contribution >= 4 is 0 Å². The van der Waals surface area contributed by atoms with E-state index in [1.807, 2.05) is 13.8 Å². The van der Waals surface area contributed by atoms with Gasteiger partial charge in [0.05, 0.1) is 47.3 Å². The summed E-state index contributed by atoms with van der Waals surface area (Å²) in [6.45, 7) is 3.73. The highest BCUT2D eigenvalue weighted by Gasteiger charge is 2.37. The third-order valence-electron chi connectivity index (χ3n) is 5.12. The Bertz CT molecular complexity index is 1310. The second-order valence-electron chi connectivity index (χ2n) is 8.00. The van der Waals surface area contributed by atoms with Crippen molar-refractivity contribution in [1.82, 2.24) is 14.5 Å². The molecule has 0 unspecified atom stereocenters. The van der Waals surface area contributed by atoms with Crippen LogP contribution in [0.15, 0.2) is 73.4 Å². The fourth-order valence-corrected chi connectivity index (χ4v) is 3.66. The van der Waals surface area contributed by atoms with Crippen LogP contribution in [0.25, 0.3) is 28.1 Å². The Labute approximate surface area is 196 Å². The molecule has 0 saturated heterocycles. The van der Waals surface area contributed by atoms with Gasteiger partial charge in [0.25, 0.3) is 0 Å². The Morgan fingerprint density at radius 2 is 1.46 bits per heavy atom. The number of imidazole rings is 1. The van der Waals surface area contributed by atoms with Gasteiger partial charge in [0.1, 0.15) is 5.75 Å². The summed E-state index contributed by atoms with van der Waals surface area (Å²) in [7, 11) is 0. The molecule has 35 heavy (non-hydrogen) atoms. The van der Waals surface area contributed by atoms with Gasteiger partial charge >= 0.3 is 12.4 Å². The molecule has 0 fully saturated rings. The van der Waals surface area contributed by atoms with Gasteiger partial charge in [0.2, 0.25) is 0 Å². The number of hydrogen-bond acceptors (Lipinski definition) is 3. The molecule has 4 rings (SSSR count). The number of rotatable bonds is 5. The number of pyridine rings is 1. The van der Waals surface area contributed by atoms with E-state index in [0.717, 1.165) is 0 Å². The molecule has 4 aromatic rings. The lowest BCUT2D eigenvalue weighted by atomic mass is 10.0. The summed E-state index contributed by atoms with van der Waals surface area (Å²) in [4.78, 5) is 8.12. The molecular formula is C25H19F6N3O. The monoisotopic (exact) mass is 491 g/mol. The van der Waals surface area contributed by atoms with E-state index in [0.29, 0.717) is 34.7 Å². The second kappa shape index (κ2) is 9.09. The zero-order valence-electron chi connectivity index (χ0n) is 18.5. The molecule has 0 N–H and O–H groups in total. The second-order valence-corrected chi connectivity index (χ2v) is 8.00. The van der Waals surface area contributed by atoms with Gasteiger partial charge in [-0.1, -0.05) is 18.2 Å². The average molecular weight is 491 g/mol. The normalized spacial score (nSPS) is 12.3. The van der Waals surface area contributed by atoms with Gasteiger partial charge in [-0.2, -0.15) is 26.3 Å². The van der Waals surface area contributed by atoms with E-state index >= 15 is 0 Å². The van der Waals surface area contributed by atoms with Crippen molar-refractivity contribution in [2.24, 2.45) is 0 Å². The summed E-state index contributed by atoms with van der Waals surface area (Å²) in [6.07, 6.45) is -4.53. The highest BCUT2D eigenvalue weighted by molar-refractivity contribution is 5.79. The van der Waals surface area contributed by atoms with Crippen LogP contribution >= 0.6 is 0 Å². The third-order valence-corrected chi connectivity index (χ3v) is 5.12. The number of hydrogen-bond donors (Lipinski definition) is 0. The maximum atomic E-state index is 13.4. The van der Waals surface area contributed by atoms with Crippen molar-refractivity contribution in [3.05, 3.63) is 84.6 Å². The summed E-state index contributed by atoms with van der Waals surface area (Å²) in [5.41, 5.74) is -1.36. The van der Waals surface area contributed by atoms with Gasteiger partial charge in [0.15, 0.2) is 0 Å². The first kappa shape index (κ1) is 24.3. The average Bonchev–Trinajstić information content (AvgIpc) is 3.27. The van der Waals surface area contributed by atoms with E-state index < -0.39 is 23.5 Å². The third kappa shape index (κ3) is 5.16. The molecule has 0 saturated carbocycles. The molecule has 2 aromatic heterocycles. The van der Waals surface area contributed by atoms with E-state index in [4.69, 9.17) is 4.74 Å². The molecule has 2 heterocycles. The van der Waals surface area contributed by atoms with Crippen molar-refractivity contribution in [3.8, 4) is 33.8 Å². The maximum Gasteiger partial charge on any atom is 0.416 e. The quantitative estimate of drug-likeness (QED) is 0.273. The summed E-state index contributed by atoms with van der Waals surface area (Å²) >= 11 is 0. The highest BCUT2D eigenvalue weighted by atomic mass is 19.4. The number of benzene rings is 2. The molecule has 4 nitrogen and oxygen atoms in total. The lowest BCUT2D eigenvalue weighted by Crippen LogP contribution is -2.11. The minimum atomic E-state index is -4.96. The maximum absolute atomic E-state index is 13.4. The van der Waals surface area contributed by atoms with Gasteiger partial charge < -0.3 is 4.74 Å². The van der Waals surface area contributed by atoms with Gasteiger partial charge in [-0.25, -0.2) is 4.98 Å². The van der Waals surface area contributed by atoms with E-state index in [1.165, 1.54) is 29.5 Å². The van der Waals surface area contributed by atoms with Crippen LogP contribution in [-0.4, -0.2) is 20.6 Å². The first-order chi connectivity index (χ1) is 16.4. The zero-order chi connectivity index (χ0) is 25.4. The molecule has 0 radical (unpaired) electrons. The predicted molar refractivity (Wildman–Crippen MR) is 118 cm³/mol. The Morgan fingerprint density at radius 1 is 0.800 bits per heavy atom. The number of nitrogens with zero attached hydrogens (tertiary/aromatic N) is 3. The minimum Gasteiger partial charge on any atom is -0.490 e. The van der Waals surface area contributed by atoms with Crippen molar-refractivity contribution < 1.29 is 31.1 Å². The summed E-state index contributed by atoms with van der Waals surface area (Å²) in [6, 6.07) is 10.3. The number of aromatic nitrogens is 3. The first-order valence-electron chi connectivity index (χ1n) is 10.5. The number of para-hydroxylation sites is 1. The molecule has 182 valence electrons. The van der Waals surface area contributed by atoms with Crippen molar-refractivity contribution in [2.45, 2.75) is 32.3 Å². The number of ether oxygens (including phenoxy) is 1. The Morgan fingerprint density at radius 3 is 2.09 bits per heavy atom. The molecule has 10 heteroatoms. The molecule has 0 bridgehead atoms. The van der Waals surface area contributed by atoms with Crippen LogP contribution < -0.4 is 4.74 Å². The largest absolute Gasteiger partial charge is 0.490 e. The molecule has 0 aliphatic rings. The number of alkyl halides is 6. The van der Waals surface area contributed by atoms with Gasteiger partial charge in [-0.05, 0) is 44.2 Å². The van der Waals surface area contributed by atoms with Crippen molar-refractivity contribution in [2.75, 3.05) is 0 Å². The Kier molecular flexibility index (Phi) is 6.31. The number of halogens is 6. The predicted octanol–water partition coefficient (Wildman–Crippen LogP) is 7.43. The fraction of sp³-hybridized carbons (Fsp3) is 0.200. The van der Waals surface area contributed by atoms with Crippen LogP contribution in [-0.2, 0) is 12.4 Å². The Hall–Kier alpha value is -3.82. The summed E-state index contributed by atoms with van der Waals surface area (Å²) in [5.74, 6) is 0.565. The molecule has 0 aliphatic carbocycles. The van der Waals surface area contributed by atoms with Gasteiger partial charge in [-0.15, -0.1) is 0 Å². The fourth-order valence-electron chi connectivity index (χ4n) is 3.66. The molecule has 2 aromatic carbocycles. The lowest BCUT2D eigenvalue weighted by molar-refractivity contribution is -0.143. The summed E-state index contributed by atoms with van der Waals surface area (Å²) < 4.78 is 87.8. The molecule has 0 aliphatic heterocycles. The molecular weight excluding hydrogens is 472 g/mol. The van der Waals surface area contributed by atoms with Gasteiger partial charge in [-0.3, -0.25) is 9.55 Å². The van der Waals surface area contributed by atoms with Gasteiger partial charge in [0, 0.05) is 22.9 Å². The lowest BCUT2D eigenvalue weighted by Gasteiger charge is -2.18. The topological polar surface area (TPSA) is 39.9 Å². The minimum absolute atomic E-state index is 0.0399.